The summed E-state index contributed by atoms with van der Waals surface area (Å²) in [5.41, 5.74) is 1.54. The summed E-state index contributed by atoms with van der Waals surface area (Å²) in [7, 11) is 0. The molecule has 3 N–H and O–H groups in total. The topological polar surface area (TPSA) is 82.2 Å². The van der Waals surface area contributed by atoms with Crippen LogP contribution in [-0.2, 0) is 6.42 Å². The summed E-state index contributed by atoms with van der Waals surface area (Å²) in [5.74, 6) is 0.0276. The number of carbonyl (C=O) groups excluding carboxylic acids is 1. The largest absolute Gasteiger partial charge is 0.387 e. The lowest BCUT2D eigenvalue weighted by Gasteiger charge is -2.11. The van der Waals surface area contributed by atoms with Crippen molar-refractivity contribution >= 4 is 17.2 Å². The van der Waals surface area contributed by atoms with Gasteiger partial charge >= 0.3 is 0 Å². The van der Waals surface area contributed by atoms with Gasteiger partial charge in [-0.2, -0.15) is 11.3 Å². The minimum Gasteiger partial charge on any atom is -0.387 e. The first-order valence-electron chi connectivity index (χ1n) is 7.17. The van der Waals surface area contributed by atoms with Crippen LogP contribution in [0.25, 0.3) is 0 Å². The van der Waals surface area contributed by atoms with E-state index < -0.39 is 6.10 Å². The summed E-state index contributed by atoms with van der Waals surface area (Å²) in [6.45, 7) is 4.20. The summed E-state index contributed by atoms with van der Waals surface area (Å²) in [4.78, 5) is 26.5. The number of thiophene rings is 1. The zero-order valence-electron chi connectivity index (χ0n) is 12.6. The second-order valence-corrected chi connectivity index (χ2v) is 6.42. The Morgan fingerprint density at radius 2 is 2.18 bits per heavy atom. The Kier molecular flexibility index (Phi) is 5.51. The van der Waals surface area contributed by atoms with E-state index in [0.717, 1.165) is 11.3 Å². The van der Waals surface area contributed by atoms with Gasteiger partial charge in [-0.1, -0.05) is 13.8 Å². The molecule has 0 bridgehead atoms. The molecule has 1 atom stereocenters. The third-order valence-corrected chi connectivity index (χ3v) is 3.88. The predicted molar refractivity (Wildman–Crippen MR) is 87.2 cm³/mol. The van der Waals surface area contributed by atoms with Crippen molar-refractivity contribution in [3.63, 3.8) is 0 Å². The lowest BCUT2D eigenvalue weighted by molar-refractivity contribution is 0.0916. The SMILES string of the molecule is CC(C)Cc1cc(C(=O)NCC(O)c2ccsc2)cc(=O)[nH]1. The molecule has 2 aromatic heterocycles. The maximum absolute atomic E-state index is 12.1. The molecule has 0 radical (unpaired) electrons. The molecule has 0 spiro atoms. The molecule has 2 heterocycles. The van der Waals surface area contributed by atoms with E-state index in [1.54, 1.807) is 6.07 Å². The zero-order valence-corrected chi connectivity index (χ0v) is 13.4. The van der Waals surface area contributed by atoms with Crippen molar-refractivity contribution in [1.82, 2.24) is 10.3 Å². The Balaban J connectivity index is 2.03. The summed E-state index contributed by atoms with van der Waals surface area (Å²) in [5, 5.41) is 16.3. The van der Waals surface area contributed by atoms with Crippen LogP contribution < -0.4 is 10.9 Å². The molecule has 0 aliphatic rings. The zero-order chi connectivity index (χ0) is 16.1. The van der Waals surface area contributed by atoms with Crippen LogP contribution in [0, 0.1) is 5.92 Å². The molecule has 1 amide bonds. The molecule has 1 unspecified atom stereocenters. The van der Waals surface area contributed by atoms with Crippen LogP contribution in [0.2, 0.25) is 0 Å². The van der Waals surface area contributed by atoms with Gasteiger partial charge in [-0.3, -0.25) is 9.59 Å². The maximum Gasteiger partial charge on any atom is 0.251 e. The van der Waals surface area contributed by atoms with Crippen molar-refractivity contribution in [2.45, 2.75) is 26.4 Å². The standard InChI is InChI=1S/C16H20N2O3S/c1-10(2)5-13-6-12(7-15(20)18-13)16(21)17-8-14(19)11-3-4-22-9-11/h3-4,6-7,9-10,14,19H,5,8H2,1-2H3,(H,17,21)(H,18,20). The molecular formula is C16H20N2O3S. The second-order valence-electron chi connectivity index (χ2n) is 5.64. The first kappa shape index (κ1) is 16.5. The fraction of sp³-hybridized carbons (Fsp3) is 0.375. The second kappa shape index (κ2) is 7.38. The summed E-state index contributed by atoms with van der Waals surface area (Å²) in [6.07, 6.45) is -0.0409. The van der Waals surface area contributed by atoms with E-state index in [0.29, 0.717) is 17.9 Å². The number of aliphatic hydroxyl groups is 1. The smallest absolute Gasteiger partial charge is 0.251 e. The number of nitrogens with one attached hydrogen (secondary N) is 2. The molecule has 2 rings (SSSR count). The molecule has 0 aromatic carbocycles. The Morgan fingerprint density at radius 3 is 2.82 bits per heavy atom. The highest BCUT2D eigenvalue weighted by Crippen LogP contribution is 2.15. The quantitative estimate of drug-likeness (QED) is 0.762. The third-order valence-electron chi connectivity index (χ3n) is 3.17. The van der Waals surface area contributed by atoms with Crippen LogP contribution in [-0.4, -0.2) is 22.5 Å². The number of carbonyl (C=O) groups is 1. The van der Waals surface area contributed by atoms with E-state index in [4.69, 9.17) is 0 Å². The molecule has 0 saturated carbocycles. The fourth-order valence-corrected chi connectivity index (χ4v) is 2.86. The number of aromatic nitrogens is 1. The van der Waals surface area contributed by atoms with Crippen molar-refractivity contribution in [3.8, 4) is 0 Å². The van der Waals surface area contributed by atoms with Crippen molar-refractivity contribution in [2.75, 3.05) is 6.54 Å². The van der Waals surface area contributed by atoms with Gasteiger partial charge in [0.05, 0.1) is 6.10 Å². The molecule has 2 aromatic rings. The number of aliphatic hydroxyl groups excluding tert-OH is 1. The van der Waals surface area contributed by atoms with Crippen molar-refractivity contribution in [3.05, 3.63) is 56.1 Å². The Bertz CT molecular complexity index is 677. The summed E-state index contributed by atoms with van der Waals surface area (Å²) >= 11 is 1.49. The van der Waals surface area contributed by atoms with Crippen LogP contribution >= 0.6 is 11.3 Å². The predicted octanol–water partition coefficient (Wildman–Crippen LogP) is 2.10. The monoisotopic (exact) mass is 320 g/mol. The third kappa shape index (κ3) is 4.54. The van der Waals surface area contributed by atoms with Gasteiger partial charge in [-0.25, -0.2) is 0 Å². The van der Waals surface area contributed by atoms with Gasteiger partial charge in [0.1, 0.15) is 0 Å². The van der Waals surface area contributed by atoms with E-state index in [1.165, 1.54) is 17.4 Å². The van der Waals surface area contributed by atoms with E-state index in [1.807, 2.05) is 30.7 Å². The van der Waals surface area contributed by atoms with Crippen molar-refractivity contribution < 1.29 is 9.90 Å². The average molecular weight is 320 g/mol. The Labute approximate surface area is 133 Å². The van der Waals surface area contributed by atoms with Gasteiger partial charge in [0.15, 0.2) is 0 Å². The lowest BCUT2D eigenvalue weighted by atomic mass is 10.1. The summed E-state index contributed by atoms with van der Waals surface area (Å²) < 4.78 is 0. The average Bonchev–Trinajstić information content (AvgIpc) is 2.97. The highest BCUT2D eigenvalue weighted by atomic mass is 32.1. The van der Waals surface area contributed by atoms with Gasteiger partial charge in [-0.15, -0.1) is 0 Å². The van der Waals surface area contributed by atoms with Crippen LogP contribution in [0.5, 0.6) is 0 Å². The number of amides is 1. The number of rotatable bonds is 6. The van der Waals surface area contributed by atoms with Crippen LogP contribution in [0.15, 0.2) is 33.8 Å². The highest BCUT2D eigenvalue weighted by molar-refractivity contribution is 7.07. The fourth-order valence-electron chi connectivity index (χ4n) is 2.16. The van der Waals surface area contributed by atoms with Gasteiger partial charge in [0, 0.05) is 23.9 Å². The van der Waals surface area contributed by atoms with E-state index in [-0.39, 0.29) is 18.0 Å². The number of H-pyrrole nitrogens is 1. The minimum absolute atomic E-state index is 0.113. The first-order chi connectivity index (χ1) is 10.5. The molecule has 0 saturated heterocycles. The normalized spacial score (nSPS) is 12.4. The molecule has 118 valence electrons. The maximum atomic E-state index is 12.1. The van der Waals surface area contributed by atoms with E-state index in [2.05, 4.69) is 10.3 Å². The Morgan fingerprint density at radius 1 is 1.41 bits per heavy atom. The van der Waals surface area contributed by atoms with Gasteiger partial charge in [0.2, 0.25) is 5.56 Å². The first-order valence-corrected chi connectivity index (χ1v) is 8.11. The van der Waals surface area contributed by atoms with Crippen molar-refractivity contribution in [2.24, 2.45) is 5.92 Å². The molecule has 5 nitrogen and oxygen atoms in total. The van der Waals surface area contributed by atoms with Gasteiger partial charge < -0.3 is 15.4 Å². The van der Waals surface area contributed by atoms with E-state index >= 15 is 0 Å². The number of aromatic amines is 1. The van der Waals surface area contributed by atoms with Crippen molar-refractivity contribution in [1.29, 1.82) is 0 Å². The lowest BCUT2D eigenvalue weighted by Crippen LogP contribution is -2.29. The van der Waals surface area contributed by atoms with Gasteiger partial charge in [0.25, 0.3) is 5.91 Å². The molecule has 0 aliphatic heterocycles. The van der Waals surface area contributed by atoms with Crippen LogP contribution in [0.3, 0.4) is 0 Å². The Hall–Kier alpha value is -1.92. The number of hydrogen-bond donors (Lipinski definition) is 3. The number of pyridine rings is 1. The molecule has 0 fully saturated rings. The molecule has 22 heavy (non-hydrogen) atoms. The summed E-state index contributed by atoms with van der Waals surface area (Å²) in [6, 6.07) is 4.78. The minimum atomic E-state index is -0.743. The molecule has 6 heteroatoms. The molecule has 0 aliphatic carbocycles. The number of hydrogen-bond acceptors (Lipinski definition) is 4. The molecular weight excluding hydrogens is 300 g/mol. The van der Waals surface area contributed by atoms with Crippen LogP contribution in [0.1, 0.15) is 41.6 Å². The van der Waals surface area contributed by atoms with Gasteiger partial charge in [-0.05, 0) is 40.8 Å². The van der Waals surface area contributed by atoms with Crippen LogP contribution in [0.4, 0.5) is 0 Å². The highest BCUT2D eigenvalue weighted by Gasteiger charge is 2.12. The van der Waals surface area contributed by atoms with E-state index in [9.17, 15) is 14.7 Å².